The van der Waals surface area contributed by atoms with Gasteiger partial charge >= 0.3 is 0 Å². The van der Waals surface area contributed by atoms with Gasteiger partial charge in [0.2, 0.25) is 5.91 Å². The SMILES string of the molecule is CCCCCCCC/C=C\CCCCCCCCCCCCCCCC(=O)NC(CO[C@@H]1O[C@H](CO)[C@H](O)[C@H](O)[C@H]1O)C(O)/C=C\CCCCCCCCCCCCC. The van der Waals surface area contributed by atoms with Crippen molar-refractivity contribution in [3.05, 3.63) is 24.3 Å². The van der Waals surface area contributed by atoms with Gasteiger partial charge in [0, 0.05) is 6.42 Å². The van der Waals surface area contributed by atoms with Gasteiger partial charge in [-0.15, -0.1) is 0 Å². The van der Waals surface area contributed by atoms with Crippen LogP contribution in [0.3, 0.4) is 0 Å². The molecule has 0 spiro atoms. The molecule has 0 aromatic carbocycles. The molecule has 348 valence electrons. The zero-order valence-electron chi connectivity index (χ0n) is 38.3. The molecule has 1 aliphatic heterocycles. The van der Waals surface area contributed by atoms with Gasteiger partial charge < -0.3 is 40.3 Å². The number of hydrogen-bond donors (Lipinski definition) is 6. The van der Waals surface area contributed by atoms with Gasteiger partial charge in [0.15, 0.2) is 6.29 Å². The summed E-state index contributed by atoms with van der Waals surface area (Å²) < 4.78 is 11.2. The van der Waals surface area contributed by atoms with E-state index in [1.165, 1.54) is 173 Å². The topological polar surface area (TPSA) is 149 Å². The molecule has 0 radical (unpaired) electrons. The number of aliphatic hydroxyl groups is 5. The maximum Gasteiger partial charge on any atom is 0.220 e. The van der Waals surface area contributed by atoms with E-state index in [2.05, 4.69) is 31.3 Å². The molecule has 1 heterocycles. The fourth-order valence-corrected chi connectivity index (χ4v) is 7.97. The van der Waals surface area contributed by atoms with E-state index in [9.17, 15) is 30.3 Å². The Balaban J connectivity index is 2.25. The Morgan fingerprint density at radius 1 is 0.559 bits per heavy atom. The summed E-state index contributed by atoms with van der Waals surface area (Å²) in [5.41, 5.74) is 0. The van der Waals surface area contributed by atoms with Crippen LogP contribution in [0.4, 0.5) is 0 Å². The number of rotatable bonds is 42. The third-order valence-electron chi connectivity index (χ3n) is 12.0. The highest BCUT2D eigenvalue weighted by molar-refractivity contribution is 5.76. The van der Waals surface area contributed by atoms with Crippen LogP contribution in [0.25, 0.3) is 0 Å². The van der Waals surface area contributed by atoms with E-state index < -0.39 is 49.5 Å². The zero-order valence-corrected chi connectivity index (χ0v) is 38.3. The largest absolute Gasteiger partial charge is 0.394 e. The Morgan fingerprint density at radius 3 is 1.37 bits per heavy atom. The monoisotopic (exact) mass is 838 g/mol. The fraction of sp³-hybridized carbons (Fsp3) is 0.900. The molecule has 1 aliphatic rings. The van der Waals surface area contributed by atoms with Crippen molar-refractivity contribution < 1.29 is 39.8 Å². The number of carbonyl (C=O) groups excluding carboxylic acids is 1. The molecule has 0 aromatic rings. The number of nitrogens with one attached hydrogen (secondary N) is 1. The van der Waals surface area contributed by atoms with Crippen molar-refractivity contribution in [3.8, 4) is 0 Å². The Morgan fingerprint density at radius 2 is 0.949 bits per heavy atom. The van der Waals surface area contributed by atoms with E-state index in [0.29, 0.717) is 6.42 Å². The molecule has 0 bridgehead atoms. The summed E-state index contributed by atoms with van der Waals surface area (Å²) in [6, 6.07) is -0.801. The first-order valence-electron chi connectivity index (χ1n) is 25.1. The van der Waals surface area contributed by atoms with Crippen LogP contribution in [0.1, 0.15) is 232 Å². The Hall–Kier alpha value is -1.33. The molecular weight excluding hydrogens is 743 g/mol. The first kappa shape index (κ1) is 55.7. The average molecular weight is 838 g/mol. The molecule has 59 heavy (non-hydrogen) atoms. The minimum absolute atomic E-state index is 0.176. The van der Waals surface area contributed by atoms with Gasteiger partial charge in [0.1, 0.15) is 24.4 Å². The second kappa shape index (κ2) is 40.7. The number of ether oxygens (including phenoxy) is 2. The van der Waals surface area contributed by atoms with Gasteiger partial charge in [-0.3, -0.25) is 4.79 Å². The van der Waals surface area contributed by atoms with E-state index >= 15 is 0 Å². The summed E-state index contributed by atoms with van der Waals surface area (Å²) in [6.07, 6.45) is 42.3. The lowest BCUT2D eigenvalue weighted by molar-refractivity contribution is -0.302. The highest BCUT2D eigenvalue weighted by atomic mass is 16.7. The molecule has 0 aromatic heterocycles. The molecule has 9 nitrogen and oxygen atoms in total. The average Bonchev–Trinajstić information content (AvgIpc) is 3.23. The van der Waals surface area contributed by atoms with E-state index in [4.69, 9.17) is 9.47 Å². The molecule has 1 fully saturated rings. The first-order valence-corrected chi connectivity index (χ1v) is 25.1. The number of amides is 1. The van der Waals surface area contributed by atoms with E-state index in [-0.39, 0.29) is 12.5 Å². The van der Waals surface area contributed by atoms with E-state index in [1.807, 2.05) is 6.08 Å². The summed E-state index contributed by atoms with van der Waals surface area (Å²) in [6.45, 7) is 3.78. The maximum atomic E-state index is 13.0. The Kier molecular flexibility index (Phi) is 38.4. The number of allylic oxidation sites excluding steroid dienone is 3. The zero-order chi connectivity index (χ0) is 43.0. The van der Waals surface area contributed by atoms with Crippen molar-refractivity contribution in [2.45, 2.75) is 275 Å². The Labute approximate surface area is 362 Å². The molecule has 1 saturated heterocycles. The summed E-state index contributed by atoms with van der Waals surface area (Å²) in [7, 11) is 0. The van der Waals surface area contributed by atoms with Crippen molar-refractivity contribution in [1.82, 2.24) is 5.32 Å². The highest BCUT2D eigenvalue weighted by Crippen LogP contribution is 2.23. The van der Waals surface area contributed by atoms with E-state index in [1.54, 1.807) is 6.08 Å². The maximum absolute atomic E-state index is 13.0. The summed E-state index contributed by atoms with van der Waals surface area (Å²) in [4.78, 5) is 13.0. The van der Waals surface area contributed by atoms with Crippen LogP contribution in [0.2, 0.25) is 0 Å². The van der Waals surface area contributed by atoms with Crippen molar-refractivity contribution in [2.24, 2.45) is 0 Å². The number of carbonyl (C=O) groups is 1. The van der Waals surface area contributed by atoms with Crippen LogP contribution in [0, 0.1) is 0 Å². The van der Waals surface area contributed by atoms with Gasteiger partial charge in [0.25, 0.3) is 0 Å². The summed E-state index contributed by atoms with van der Waals surface area (Å²) >= 11 is 0. The van der Waals surface area contributed by atoms with Crippen molar-refractivity contribution in [3.63, 3.8) is 0 Å². The van der Waals surface area contributed by atoms with Crippen LogP contribution < -0.4 is 5.32 Å². The molecular formula is C50H95NO8. The van der Waals surface area contributed by atoms with Crippen molar-refractivity contribution in [1.29, 1.82) is 0 Å². The molecule has 9 heteroatoms. The second-order valence-electron chi connectivity index (χ2n) is 17.6. The van der Waals surface area contributed by atoms with Gasteiger partial charge in [-0.05, 0) is 44.9 Å². The summed E-state index contributed by atoms with van der Waals surface area (Å²) in [5.74, 6) is -0.176. The van der Waals surface area contributed by atoms with Gasteiger partial charge in [-0.1, -0.05) is 205 Å². The van der Waals surface area contributed by atoms with Gasteiger partial charge in [-0.25, -0.2) is 0 Å². The smallest absolute Gasteiger partial charge is 0.220 e. The molecule has 1 rings (SSSR count). The number of hydrogen-bond acceptors (Lipinski definition) is 8. The van der Waals surface area contributed by atoms with Gasteiger partial charge in [0.05, 0.1) is 25.4 Å². The quantitative estimate of drug-likeness (QED) is 0.0263. The Bertz CT molecular complexity index is 977. The molecule has 7 atom stereocenters. The standard InChI is InChI=1S/C50H95NO8/c1-3-5-7-9-11-13-15-17-18-19-20-21-22-23-24-25-26-28-30-32-34-36-38-40-46(54)51-43(42-58-50-49(57)48(56)47(55)45(41-52)59-50)44(53)39-37-35-33-31-29-27-16-14-12-10-8-6-4-2/h17-18,37,39,43-45,47-50,52-53,55-57H,3-16,19-36,38,40-42H2,1-2H3,(H,51,54)/b18-17-,39-37-/t43?,44?,45-,47+,48+,49-,50-/m1/s1. The molecule has 1 amide bonds. The molecule has 0 saturated carbocycles. The van der Waals surface area contributed by atoms with Gasteiger partial charge in [-0.2, -0.15) is 0 Å². The highest BCUT2D eigenvalue weighted by Gasteiger charge is 2.44. The van der Waals surface area contributed by atoms with Crippen LogP contribution in [-0.2, 0) is 14.3 Å². The minimum atomic E-state index is -1.56. The fourth-order valence-electron chi connectivity index (χ4n) is 7.97. The lowest BCUT2D eigenvalue weighted by Crippen LogP contribution is -2.60. The van der Waals surface area contributed by atoms with E-state index in [0.717, 1.165) is 38.5 Å². The van der Waals surface area contributed by atoms with Crippen molar-refractivity contribution in [2.75, 3.05) is 13.2 Å². The van der Waals surface area contributed by atoms with Crippen LogP contribution >= 0.6 is 0 Å². The van der Waals surface area contributed by atoms with Crippen LogP contribution in [0.5, 0.6) is 0 Å². The number of aliphatic hydroxyl groups excluding tert-OH is 5. The summed E-state index contributed by atoms with van der Waals surface area (Å²) in [5, 5.41) is 54.2. The third kappa shape index (κ3) is 31.2. The minimum Gasteiger partial charge on any atom is -0.394 e. The van der Waals surface area contributed by atoms with Crippen LogP contribution in [-0.4, -0.2) is 87.5 Å². The molecule has 0 aliphatic carbocycles. The third-order valence-corrected chi connectivity index (χ3v) is 12.0. The van der Waals surface area contributed by atoms with Crippen molar-refractivity contribution >= 4 is 5.91 Å². The number of unbranched alkanes of at least 4 members (excludes halogenated alkanes) is 30. The predicted octanol–water partition coefficient (Wildman–Crippen LogP) is 11.1. The molecule has 6 N–H and O–H groups in total. The first-order chi connectivity index (χ1) is 28.8. The lowest BCUT2D eigenvalue weighted by Gasteiger charge is -2.40. The lowest BCUT2D eigenvalue weighted by atomic mass is 9.99. The molecule has 2 unspecified atom stereocenters. The predicted molar refractivity (Wildman–Crippen MR) is 244 cm³/mol. The second-order valence-corrected chi connectivity index (χ2v) is 17.6. The normalized spacial score (nSPS) is 20.8. The van der Waals surface area contributed by atoms with Crippen LogP contribution in [0.15, 0.2) is 24.3 Å².